The van der Waals surface area contributed by atoms with E-state index in [1.807, 2.05) is 56.3 Å². The fraction of sp³-hybridized carbons (Fsp3) is 0.346. The van der Waals surface area contributed by atoms with Crippen LogP contribution in [0, 0.1) is 0 Å². The first kappa shape index (κ1) is 27.0. The van der Waals surface area contributed by atoms with Crippen molar-refractivity contribution in [1.29, 1.82) is 0 Å². The second-order valence-electron chi connectivity index (χ2n) is 8.34. The molecule has 0 aliphatic carbocycles. The molecule has 0 aliphatic rings. The Balaban J connectivity index is 1.85. The number of nitrogens with one attached hydrogen (secondary N) is 1. The lowest BCUT2D eigenvalue weighted by Crippen LogP contribution is -2.85. The minimum absolute atomic E-state index is 0.0628. The van der Waals surface area contributed by atoms with Gasteiger partial charge in [0, 0.05) is 5.02 Å². The van der Waals surface area contributed by atoms with Gasteiger partial charge in [0.05, 0.1) is 25.3 Å². The molecule has 1 aromatic heterocycles. The smallest absolute Gasteiger partial charge is 0.433 e. The molecule has 0 aliphatic heterocycles. The number of esters is 1. The van der Waals surface area contributed by atoms with Crippen LogP contribution in [0.2, 0.25) is 5.02 Å². The monoisotopic (exact) mass is 516 g/mol. The zero-order chi connectivity index (χ0) is 26.2. The molecule has 36 heavy (non-hydrogen) atoms. The van der Waals surface area contributed by atoms with Gasteiger partial charge in [-0.2, -0.15) is 9.75 Å². The van der Waals surface area contributed by atoms with Crippen molar-refractivity contribution in [2.75, 3.05) is 13.2 Å². The molecule has 0 spiro atoms. The number of carbonyl (C=O) groups excluding carboxylic acids is 1. The minimum Gasteiger partial charge on any atom is -0.464 e. The predicted molar refractivity (Wildman–Crippen MR) is 136 cm³/mol. The van der Waals surface area contributed by atoms with Crippen LogP contribution < -0.4 is 10.7 Å². The Hall–Kier alpha value is -3.56. The molecule has 192 valence electrons. The molecule has 0 saturated carbocycles. The maximum Gasteiger partial charge on any atom is 0.433 e. The average Bonchev–Trinajstić information content (AvgIpc) is 3.25. The lowest BCUT2D eigenvalue weighted by atomic mass is 10.0. The van der Waals surface area contributed by atoms with Crippen LogP contribution in [0.3, 0.4) is 0 Å². The second-order valence-corrected chi connectivity index (χ2v) is 8.77. The highest BCUT2D eigenvalue weighted by Crippen LogP contribution is 2.23. The number of halogens is 1. The number of hydrogen-bond acceptors (Lipinski definition) is 6. The molecule has 0 radical (unpaired) electrons. The molecule has 10 heteroatoms. The number of carbonyl (C=O) groups is 1. The van der Waals surface area contributed by atoms with Crippen molar-refractivity contribution in [3.63, 3.8) is 0 Å². The van der Waals surface area contributed by atoms with Crippen molar-refractivity contribution in [3.8, 4) is 11.1 Å². The van der Waals surface area contributed by atoms with Gasteiger partial charge in [-0.25, -0.2) is 4.79 Å². The number of hydrazone groups is 1. The Kier molecular flexibility index (Phi) is 9.32. The van der Waals surface area contributed by atoms with Gasteiger partial charge in [0.25, 0.3) is 11.3 Å². The quantitative estimate of drug-likeness (QED) is 0.155. The van der Waals surface area contributed by atoms with Crippen LogP contribution in [0.25, 0.3) is 11.1 Å². The normalized spacial score (nSPS) is 13.3. The summed E-state index contributed by atoms with van der Waals surface area (Å²) in [4.78, 5) is 24.2. The Labute approximate surface area is 214 Å². The molecule has 3 rings (SSSR count). The lowest BCUT2D eigenvalue weighted by molar-refractivity contribution is -0.656. The fourth-order valence-electron chi connectivity index (χ4n) is 3.51. The minimum atomic E-state index is -1.47. The summed E-state index contributed by atoms with van der Waals surface area (Å²) in [5.74, 6) is -1.28. The van der Waals surface area contributed by atoms with Crippen LogP contribution in [-0.2, 0) is 16.1 Å². The van der Waals surface area contributed by atoms with Gasteiger partial charge in [-0.05, 0) is 49.1 Å². The highest BCUT2D eigenvalue weighted by Gasteiger charge is 2.25. The Morgan fingerprint density at radius 1 is 1.17 bits per heavy atom. The molecule has 0 amide bonds. The zero-order valence-electron chi connectivity index (χ0n) is 20.5. The maximum absolute atomic E-state index is 12.2. The molecule has 9 nitrogen and oxygen atoms in total. The molecule has 3 aromatic rings. The molecule has 2 atom stereocenters. The topological polar surface area (TPSA) is 119 Å². The molecule has 0 saturated heterocycles. The molecule has 3 N–H and O–H groups in total. The highest BCUT2D eigenvalue weighted by molar-refractivity contribution is 6.30. The number of aromatic nitrogens is 1. The summed E-state index contributed by atoms with van der Waals surface area (Å²) < 4.78 is 11.6. The largest absolute Gasteiger partial charge is 0.464 e. The van der Waals surface area contributed by atoms with Crippen molar-refractivity contribution in [2.24, 2.45) is 0 Å². The molecule has 0 fully saturated rings. The van der Waals surface area contributed by atoms with Crippen molar-refractivity contribution < 1.29 is 29.4 Å². The van der Waals surface area contributed by atoms with E-state index in [1.165, 1.54) is 15.8 Å². The fourth-order valence-corrected chi connectivity index (χ4v) is 3.70. The van der Waals surface area contributed by atoms with E-state index in [1.54, 1.807) is 13.0 Å². The zero-order valence-corrected chi connectivity index (χ0v) is 21.2. The summed E-state index contributed by atoms with van der Waals surface area (Å²) >= 11 is 6.10. The Morgan fingerprint density at radius 3 is 2.53 bits per heavy atom. The van der Waals surface area contributed by atoms with E-state index in [-0.39, 0.29) is 37.1 Å². The van der Waals surface area contributed by atoms with Crippen LogP contribution in [0.15, 0.2) is 63.9 Å². The SMILES string of the molecule is CCOC(=O)C(O)CN(Cc1ccc(-c2cccc(Cl)c2)cc1)[NH+]=C(O)c1cc(=O)n(C(C)CC)o1. The summed E-state index contributed by atoms with van der Waals surface area (Å²) in [7, 11) is 0. The number of hydrazine groups is 1. The number of hydrogen-bond donors (Lipinski definition) is 3. The van der Waals surface area contributed by atoms with Crippen molar-refractivity contribution >= 4 is 23.5 Å². The van der Waals surface area contributed by atoms with E-state index in [0.29, 0.717) is 11.4 Å². The molecular formula is C26H31ClN3O6+. The van der Waals surface area contributed by atoms with Gasteiger partial charge >= 0.3 is 11.9 Å². The molecular weight excluding hydrogens is 486 g/mol. The summed E-state index contributed by atoms with van der Waals surface area (Å²) in [6.45, 7) is 5.51. The van der Waals surface area contributed by atoms with Gasteiger partial charge in [0.1, 0.15) is 6.54 Å². The number of ether oxygens (including phenoxy) is 1. The molecule has 2 aromatic carbocycles. The number of nitrogens with zero attached hydrogens (tertiary/aromatic N) is 2. The van der Waals surface area contributed by atoms with Crippen LogP contribution >= 0.6 is 11.6 Å². The third kappa shape index (κ3) is 6.99. The first-order chi connectivity index (χ1) is 17.2. The van der Waals surface area contributed by atoms with E-state index < -0.39 is 18.0 Å². The van der Waals surface area contributed by atoms with E-state index in [0.717, 1.165) is 16.7 Å². The molecule has 1 heterocycles. The summed E-state index contributed by atoms with van der Waals surface area (Å²) in [5.41, 5.74) is 2.38. The van der Waals surface area contributed by atoms with Crippen LogP contribution in [-0.4, -0.2) is 51.1 Å². The number of aliphatic hydroxyl groups excluding tert-OH is 2. The first-order valence-corrected chi connectivity index (χ1v) is 12.1. The number of aliphatic hydroxyl groups is 2. The van der Waals surface area contributed by atoms with E-state index in [9.17, 15) is 19.8 Å². The third-order valence-corrected chi connectivity index (χ3v) is 5.83. The summed E-state index contributed by atoms with van der Waals surface area (Å²) in [6.07, 6.45) is -0.794. The van der Waals surface area contributed by atoms with Crippen molar-refractivity contribution in [3.05, 3.63) is 81.3 Å². The van der Waals surface area contributed by atoms with Crippen LogP contribution in [0.1, 0.15) is 44.6 Å². The van der Waals surface area contributed by atoms with Gasteiger partial charge in [-0.3, -0.25) is 4.79 Å². The third-order valence-electron chi connectivity index (χ3n) is 5.59. The average molecular weight is 517 g/mol. The molecule has 2 unspecified atom stereocenters. The highest BCUT2D eigenvalue weighted by atomic mass is 35.5. The first-order valence-electron chi connectivity index (χ1n) is 11.7. The standard InChI is InChI=1S/C26H30ClN3O6/c1-4-17(3)30-24(32)14-23(36-30)25(33)28-29(16-22(31)26(34)35-5-2)15-18-9-11-19(12-10-18)20-7-6-8-21(27)13-20/h6-14,17,22,31H,4-5,15-16H2,1-3H3,(H,28,33)/p+1. The van der Waals surface area contributed by atoms with E-state index >= 15 is 0 Å². The van der Waals surface area contributed by atoms with E-state index in [2.05, 4.69) is 5.10 Å². The van der Waals surface area contributed by atoms with Gasteiger partial charge in [0.2, 0.25) is 0 Å². The van der Waals surface area contributed by atoms with Crippen LogP contribution in [0.4, 0.5) is 0 Å². The maximum atomic E-state index is 12.2. The van der Waals surface area contributed by atoms with Gasteiger partial charge < -0.3 is 19.5 Å². The van der Waals surface area contributed by atoms with Crippen molar-refractivity contribution in [1.82, 2.24) is 9.75 Å². The van der Waals surface area contributed by atoms with Gasteiger partial charge in [-0.15, -0.1) is 0 Å². The number of rotatable bonds is 11. The summed E-state index contributed by atoms with van der Waals surface area (Å²) in [5, 5.41) is 25.8. The Bertz CT molecular complexity index is 1250. The van der Waals surface area contributed by atoms with Crippen molar-refractivity contribution in [2.45, 2.75) is 45.9 Å². The lowest BCUT2D eigenvalue weighted by Gasteiger charge is -2.17. The Morgan fingerprint density at radius 2 is 1.89 bits per heavy atom. The van der Waals surface area contributed by atoms with E-state index in [4.69, 9.17) is 20.9 Å². The van der Waals surface area contributed by atoms with Crippen LogP contribution in [0.5, 0.6) is 0 Å². The van der Waals surface area contributed by atoms with Gasteiger partial charge in [0.15, 0.2) is 6.10 Å². The second kappa shape index (κ2) is 12.4. The molecule has 0 bridgehead atoms. The van der Waals surface area contributed by atoms with Gasteiger partial charge in [-0.1, -0.05) is 60.0 Å². The number of benzene rings is 2. The predicted octanol–water partition coefficient (Wildman–Crippen LogP) is 2.46. The summed E-state index contributed by atoms with van der Waals surface area (Å²) in [6, 6.07) is 16.1.